The van der Waals surface area contributed by atoms with Crippen molar-refractivity contribution in [2.24, 2.45) is 10.7 Å². The van der Waals surface area contributed by atoms with Crippen molar-refractivity contribution in [1.82, 2.24) is 10.6 Å². The van der Waals surface area contributed by atoms with Crippen molar-refractivity contribution in [3.63, 3.8) is 0 Å². The predicted molar refractivity (Wildman–Crippen MR) is 111 cm³/mol. The first-order valence-corrected chi connectivity index (χ1v) is 9.47. The van der Waals surface area contributed by atoms with Crippen molar-refractivity contribution in [2.75, 3.05) is 18.5 Å². The third-order valence-electron chi connectivity index (χ3n) is 4.73. The third-order valence-corrected chi connectivity index (χ3v) is 5.04. The Morgan fingerprint density at radius 2 is 1.90 bits per heavy atom. The normalized spacial score (nSPS) is 19.5. The standard InChI is InChI=1S/C20H18ClF2N5O3/c21-15-9-12(23)3-6-14(15)17(29)28-13-4-1-11(2-5-13)20(19(24)31)16(26-10-27-20)18(30)25-8-7-22/h1-6,9-10,16H,7-8H2,(H2,24,31)(H,25,30)(H,26,27)(H,28,29). The number of primary amides is 1. The summed E-state index contributed by atoms with van der Waals surface area (Å²) in [5.41, 5.74) is 4.67. The van der Waals surface area contributed by atoms with Gasteiger partial charge in [0.1, 0.15) is 12.5 Å². The number of carbonyl (C=O) groups is 3. The second kappa shape index (κ2) is 9.09. The molecule has 8 nitrogen and oxygen atoms in total. The van der Waals surface area contributed by atoms with Gasteiger partial charge in [-0.1, -0.05) is 23.7 Å². The number of hydrogen-bond acceptors (Lipinski definition) is 5. The highest BCUT2D eigenvalue weighted by molar-refractivity contribution is 6.34. The summed E-state index contributed by atoms with van der Waals surface area (Å²) in [7, 11) is 0. The Morgan fingerprint density at radius 3 is 2.52 bits per heavy atom. The lowest BCUT2D eigenvalue weighted by molar-refractivity contribution is -0.131. The summed E-state index contributed by atoms with van der Waals surface area (Å²) < 4.78 is 25.6. The maximum atomic E-state index is 13.2. The monoisotopic (exact) mass is 449 g/mol. The molecule has 162 valence electrons. The van der Waals surface area contributed by atoms with Crippen molar-refractivity contribution in [2.45, 2.75) is 11.6 Å². The first-order chi connectivity index (χ1) is 14.8. The van der Waals surface area contributed by atoms with Crippen LogP contribution in [0.1, 0.15) is 15.9 Å². The molecular weight excluding hydrogens is 432 g/mol. The minimum Gasteiger partial charge on any atom is -0.367 e. The number of alkyl halides is 1. The number of nitrogens with one attached hydrogen (secondary N) is 3. The number of halogens is 3. The number of nitrogens with two attached hydrogens (primary N) is 1. The first-order valence-electron chi connectivity index (χ1n) is 9.09. The van der Waals surface area contributed by atoms with Crippen LogP contribution in [0.4, 0.5) is 14.5 Å². The molecule has 0 aliphatic carbocycles. The van der Waals surface area contributed by atoms with Gasteiger partial charge in [-0.15, -0.1) is 0 Å². The fourth-order valence-corrected chi connectivity index (χ4v) is 3.47. The van der Waals surface area contributed by atoms with E-state index in [1.165, 1.54) is 36.7 Å². The zero-order valence-corrected chi connectivity index (χ0v) is 16.7. The van der Waals surface area contributed by atoms with Gasteiger partial charge < -0.3 is 21.7 Å². The predicted octanol–water partition coefficient (Wildman–Crippen LogP) is 1.50. The van der Waals surface area contributed by atoms with Gasteiger partial charge in [0.2, 0.25) is 5.91 Å². The molecule has 11 heteroatoms. The molecule has 2 atom stereocenters. The number of carbonyl (C=O) groups excluding carboxylic acids is 3. The Labute approximate surface area is 180 Å². The fourth-order valence-electron chi connectivity index (χ4n) is 3.21. The highest BCUT2D eigenvalue weighted by Crippen LogP contribution is 2.31. The Hall–Kier alpha value is -3.53. The van der Waals surface area contributed by atoms with E-state index in [1.807, 2.05) is 0 Å². The molecule has 0 radical (unpaired) electrons. The van der Waals surface area contributed by atoms with E-state index < -0.39 is 41.8 Å². The number of nitrogens with zero attached hydrogens (tertiary/aromatic N) is 1. The topological polar surface area (TPSA) is 126 Å². The summed E-state index contributed by atoms with van der Waals surface area (Å²) in [4.78, 5) is 41.1. The Morgan fingerprint density at radius 1 is 1.19 bits per heavy atom. The first kappa shape index (κ1) is 22.2. The van der Waals surface area contributed by atoms with E-state index in [-0.39, 0.29) is 17.1 Å². The molecule has 2 unspecified atom stereocenters. The van der Waals surface area contributed by atoms with Crippen LogP contribution in [0.15, 0.2) is 47.5 Å². The molecule has 0 saturated heterocycles. The maximum absolute atomic E-state index is 13.2. The van der Waals surface area contributed by atoms with Gasteiger partial charge in [-0.3, -0.25) is 19.4 Å². The average molecular weight is 450 g/mol. The van der Waals surface area contributed by atoms with Gasteiger partial charge in [0, 0.05) is 12.2 Å². The number of aliphatic imine (C=N–C) groups is 1. The largest absolute Gasteiger partial charge is 0.367 e. The summed E-state index contributed by atoms with van der Waals surface area (Å²) in [6.07, 6.45) is 1.19. The highest BCUT2D eigenvalue weighted by atomic mass is 35.5. The molecule has 0 aromatic heterocycles. The summed E-state index contributed by atoms with van der Waals surface area (Å²) >= 11 is 5.90. The molecular formula is C20H18ClF2N5O3. The zero-order chi connectivity index (χ0) is 22.6. The second-order valence-electron chi connectivity index (χ2n) is 6.63. The molecule has 2 aromatic carbocycles. The van der Waals surface area contributed by atoms with E-state index >= 15 is 0 Å². The van der Waals surface area contributed by atoms with Crippen LogP contribution >= 0.6 is 11.6 Å². The maximum Gasteiger partial charge on any atom is 0.257 e. The van der Waals surface area contributed by atoms with Crippen molar-refractivity contribution < 1.29 is 23.2 Å². The lowest BCUT2D eigenvalue weighted by Gasteiger charge is -2.31. The summed E-state index contributed by atoms with van der Waals surface area (Å²) in [5, 5.41) is 7.64. The van der Waals surface area contributed by atoms with Crippen molar-refractivity contribution in [1.29, 1.82) is 0 Å². The van der Waals surface area contributed by atoms with E-state index in [0.29, 0.717) is 11.3 Å². The van der Waals surface area contributed by atoms with Gasteiger partial charge in [-0.2, -0.15) is 0 Å². The van der Waals surface area contributed by atoms with Crippen LogP contribution in [0.2, 0.25) is 5.02 Å². The SMILES string of the molecule is NC(=O)C1(c2ccc(NC(=O)c3ccc(F)cc3Cl)cc2)NC=NC1C(=O)NCCF. The van der Waals surface area contributed by atoms with Crippen LogP contribution in [0, 0.1) is 5.82 Å². The summed E-state index contributed by atoms with van der Waals surface area (Å²) in [6, 6.07) is 8.11. The summed E-state index contributed by atoms with van der Waals surface area (Å²) in [6.45, 7) is -0.998. The van der Waals surface area contributed by atoms with Crippen molar-refractivity contribution in [3.05, 3.63) is 64.4 Å². The molecule has 0 bridgehead atoms. The Balaban J connectivity index is 1.83. The lowest BCUT2D eigenvalue weighted by Crippen LogP contribution is -2.60. The third kappa shape index (κ3) is 4.33. The van der Waals surface area contributed by atoms with Crippen LogP contribution < -0.4 is 21.7 Å². The molecule has 3 amide bonds. The van der Waals surface area contributed by atoms with Crippen LogP contribution in [0.25, 0.3) is 0 Å². The molecule has 1 heterocycles. The van der Waals surface area contributed by atoms with Gasteiger partial charge in [0.05, 0.1) is 16.9 Å². The van der Waals surface area contributed by atoms with E-state index in [0.717, 1.165) is 12.1 Å². The van der Waals surface area contributed by atoms with Crippen LogP contribution in [-0.4, -0.2) is 43.3 Å². The van der Waals surface area contributed by atoms with Crippen LogP contribution in [-0.2, 0) is 15.1 Å². The lowest BCUT2D eigenvalue weighted by atomic mass is 9.82. The minimum atomic E-state index is -1.68. The number of amides is 3. The quantitative estimate of drug-likeness (QED) is 0.511. The Bertz CT molecular complexity index is 1050. The second-order valence-corrected chi connectivity index (χ2v) is 7.04. The van der Waals surface area contributed by atoms with E-state index in [1.54, 1.807) is 0 Å². The van der Waals surface area contributed by atoms with E-state index in [4.69, 9.17) is 17.3 Å². The van der Waals surface area contributed by atoms with Gasteiger partial charge in [0.15, 0.2) is 11.6 Å². The average Bonchev–Trinajstić information content (AvgIpc) is 3.19. The number of rotatable bonds is 7. The highest BCUT2D eigenvalue weighted by Gasteiger charge is 2.52. The van der Waals surface area contributed by atoms with Gasteiger partial charge in [-0.25, -0.2) is 8.78 Å². The molecule has 31 heavy (non-hydrogen) atoms. The smallest absolute Gasteiger partial charge is 0.257 e. The number of hydrogen-bond donors (Lipinski definition) is 4. The molecule has 1 aliphatic heterocycles. The Kier molecular flexibility index (Phi) is 6.50. The molecule has 2 aromatic rings. The van der Waals surface area contributed by atoms with E-state index in [9.17, 15) is 23.2 Å². The van der Waals surface area contributed by atoms with Crippen molar-refractivity contribution in [3.8, 4) is 0 Å². The zero-order valence-electron chi connectivity index (χ0n) is 16.0. The number of benzene rings is 2. The molecule has 3 rings (SSSR count). The molecule has 1 aliphatic rings. The molecule has 5 N–H and O–H groups in total. The molecule has 0 saturated carbocycles. The van der Waals surface area contributed by atoms with Gasteiger partial charge in [-0.05, 0) is 35.9 Å². The van der Waals surface area contributed by atoms with Gasteiger partial charge >= 0.3 is 0 Å². The van der Waals surface area contributed by atoms with E-state index in [2.05, 4.69) is 20.9 Å². The number of anilines is 1. The van der Waals surface area contributed by atoms with Gasteiger partial charge in [0.25, 0.3) is 11.8 Å². The van der Waals surface area contributed by atoms with Crippen LogP contribution in [0.5, 0.6) is 0 Å². The molecule has 0 fully saturated rings. The molecule has 0 spiro atoms. The minimum absolute atomic E-state index is 0.0451. The summed E-state index contributed by atoms with van der Waals surface area (Å²) in [5.74, 6) is -2.66. The van der Waals surface area contributed by atoms with Crippen molar-refractivity contribution >= 4 is 41.3 Å². The fraction of sp³-hybridized carbons (Fsp3) is 0.200. The van der Waals surface area contributed by atoms with Crippen LogP contribution in [0.3, 0.4) is 0 Å².